The van der Waals surface area contributed by atoms with Gasteiger partial charge in [0.05, 0.1) is 0 Å². The maximum atomic E-state index is 13.4. The molecule has 0 spiro atoms. The quantitative estimate of drug-likeness (QED) is 0.470. The summed E-state index contributed by atoms with van der Waals surface area (Å²) in [5.41, 5.74) is 1.21. The van der Waals surface area contributed by atoms with E-state index in [1.807, 2.05) is 0 Å². The van der Waals surface area contributed by atoms with Crippen molar-refractivity contribution in [3.8, 4) is 0 Å². The van der Waals surface area contributed by atoms with Gasteiger partial charge in [-0.2, -0.15) is 0 Å². The zero-order valence-corrected chi connectivity index (χ0v) is 12.5. The van der Waals surface area contributed by atoms with Gasteiger partial charge in [0.25, 0.3) is 0 Å². The van der Waals surface area contributed by atoms with E-state index in [1.165, 1.54) is 12.1 Å². The SMILES string of the molecule is CCCCCc1cc(CC(=O)[O-])ccc1F.[Na+]. The third-order valence-corrected chi connectivity index (χ3v) is 2.51. The van der Waals surface area contributed by atoms with E-state index in [4.69, 9.17) is 0 Å². The van der Waals surface area contributed by atoms with Gasteiger partial charge in [-0.3, -0.25) is 0 Å². The number of aryl methyl sites for hydroxylation is 1. The van der Waals surface area contributed by atoms with Crippen molar-refractivity contribution in [3.05, 3.63) is 35.1 Å². The average Bonchev–Trinajstić information content (AvgIpc) is 2.22. The summed E-state index contributed by atoms with van der Waals surface area (Å²) in [6, 6.07) is 4.45. The van der Waals surface area contributed by atoms with Crippen molar-refractivity contribution >= 4 is 5.97 Å². The fourth-order valence-corrected chi connectivity index (χ4v) is 1.66. The number of hydrogen-bond acceptors (Lipinski definition) is 2. The molecule has 0 bridgehead atoms. The van der Waals surface area contributed by atoms with Crippen molar-refractivity contribution in [1.29, 1.82) is 0 Å². The Kier molecular flexibility index (Phi) is 8.48. The Labute approximate surface area is 124 Å². The van der Waals surface area contributed by atoms with E-state index in [2.05, 4.69) is 6.92 Å². The number of halogens is 1. The average molecular weight is 246 g/mol. The molecule has 0 atom stereocenters. The Morgan fingerprint density at radius 3 is 2.65 bits per heavy atom. The van der Waals surface area contributed by atoms with E-state index in [0.717, 1.165) is 19.3 Å². The van der Waals surface area contributed by atoms with Crippen LogP contribution in [0, 0.1) is 5.82 Å². The molecule has 0 amide bonds. The van der Waals surface area contributed by atoms with Gasteiger partial charge >= 0.3 is 29.6 Å². The number of aliphatic carboxylic acids is 1. The van der Waals surface area contributed by atoms with Crippen molar-refractivity contribution in [3.63, 3.8) is 0 Å². The molecule has 0 aromatic heterocycles. The molecule has 4 heteroatoms. The fourth-order valence-electron chi connectivity index (χ4n) is 1.66. The minimum atomic E-state index is -1.13. The molecule has 2 nitrogen and oxygen atoms in total. The van der Waals surface area contributed by atoms with Gasteiger partial charge < -0.3 is 9.90 Å². The molecule has 1 aromatic carbocycles. The van der Waals surface area contributed by atoms with E-state index < -0.39 is 5.97 Å². The molecule has 1 aromatic rings. The summed E-state index contributed by atoms with van der Waals surface area (Å²) in [6.07, 6.45) is 3.59. The van der Waals surface area contributed by atoms with Gasteiger partial charge in [-0.15, -0.1) is 0 Å². The molecule has 0 heterocycles. The summed E-state index contributed by atoms with van der Waals surface area (Å²) in [6.45, 7) is 2.09. The Morgan fingerprint density at radius 2 is 2.06 bits per heavy atom. The molecule has 0 unspecified atom stereocenters. The number of hydrogen-bond donors (Lipinski definition) is 0. The van der Waals surface area contributed by atoms with Gasteiger partial charge in [0, 0.05) is 12.4 Å². The van der Waals surface area contributed by atoms with E-state index >= 15 is 0 Å². The predicted octanol–water partition coefficient (Wildman–Crippen LogP) is -1.15. The third kappa shape index (κ3) is 6.20. The van der Waals surface area contributed by atoms with Crippen LogP contribution in [-0.2, 0) is 17.6 Å². The Hall–Kier alpha value is -0.380. The first-order chi connectivity index (χ1) is 7.63. The predicted molar refractivity (Wildman–Crippen MR) is 58.3 cm³/mol. The second-order valence-electron chi connectivity index (χ2n) is 3.93. The number of carbonyl (C=O) groups is 1. The largest absolute Gasteiger partial charge is 1.00 e. The molecule has 0 aliphatic heterocycles. The molecule has 0 aliphatic rings. The fraction of sp³-hybridized carbons (Fsp3) is 0.462. The first kappa shape index (κ1) is 16.6. The number of carboxylic acid groups (broad SMARTS) is 1. The summed E-state index contributed by atoms with van der Waals surface area (Å²) >= 11 is 0. The first-order valence-corrected chi connectivity index (χ1v) is 5.60. The zero-order valence-electron chi connectivity index (χ0n) is 10.5. The number of rotatable bonds is 6. The molecule has 0 saturated heterocycles. The summed E-state index contributed by atoms with van der Waals surface area (Å²) in [7, 11) is 0. The van der Waals surface area contributed by atoms with Crippen LogP contribution in [0.3, 0.4) is 0 Å². The smallest absolute Gasteiger partial charge is 0.550 e. The molecule has 0 N–H and O–H groups in total. The van der Waals surface area contributed by atoms with Crippen molar-refractivity contribution in [2.75, 3.05) is 0 Å². The normalized spacial score (nSPS) is 9.76. The molecule has 0 radical (unpaired) electrons. The molecular weight excluding hydrogens is 230 g/mol. The van der Waals surface area contributed by atoms with E-state index in [0.29, 0.717) is 17.5 Å². The summed E-state index contributed by atoms with van der Waals surface area (Å²) in [5, 5.41) is 10.4. The van der Waals surface area contributed by atoms with E-state index in [-0.39, 0.29) is 41.8 Å². The second-order valence-corrected chi connectivity index (χ2v) is 3.93. The van der Waals surface area contributed by atoms with E-state index in [9.17, 15) is 14.3 Å². The van der Waals surface area contributed by atoms with Crippen LogP contribution in [0.25, 0.3) is 0 Å². The van der Waals surface area contributed by atoms with Crippen molar-refractivity contribution in [2.24, 2.45) is 0 Å². The number of carboxylic acids is 1. The minimum Gasteiger partial charge on any atom is -0.550 e. The van der Waals surface area contributed by atoms with Gasteiger partial charge in [0.15, 0.2) is 0 Å². The number of unbranched alkanes of at least 4 members (excludes halogenated alkanes) is 2. The molecule has 0 saturated carbocycles. The number of benzene rings is 1. The topological polar surface area (TPSA) is 40.1 Å². The van der Waals surface area contributed by atoms with Crippen LogP contribution >= 0.6 is 0 Å². The molecule has 0 fully saturated rings. The van der Waals surface area contributed by atoms with Crippen molar-refractivity contribution < 1.29 is 43.8 Å². The molecule has 88 valence electrons. The monoisotopic (exact) mass is 246 g/mol. The van der Waals surface area contributed by atoms with Crippen LogP contribution in [-0.4, -0.2) is 5.97 Å². The van der Waals surface area contributed by atoms with Crippen LogP contribution in [0.4, 0.5) is 4.39 Å². The van der Waals surface area contributed by atoms with Gasteiger partial charge in [-0.1, -0.05) is 31.9 Å². The van der Waals surface area contributed by atoms with Crippen LogP contribution in [0.1, 0.15) is 37.3 Å². The third-order valence-electron chi connectivity index (χ3n) is 2.51. The zero-order chi connectivity index (χ0) is 12.0. The molecule has 1 rings (SSSR count). The van der Waals surface area contributed by atoms with Crippen molar-refractivity contribution in [1.82, 2.24) is 0 Å². The Morgan fingerprint density at radius 1 is 1.35 bits per heavy atom. The Balaban J connectivity index is 0.00000256. The van der Waals surface area contributed by atoms with Crippen LogP contribution < -0.4 is 34.7 Å². The molecule has 0 aliphatic carbocycles. The maximum absolute atomic E-state index is 13.4. The van der Waals surface area contributed by atoms with Crippen molar-refractivity contribution in [2.45, 2.75) is 39.0 Å². The Bertz CT molecular complexity index is 366. The second kappa shape index (κ2) is 8.67. The van der Waals surface area contributed by atoms with Crippen LogP contribution in [0.15, 0.2) is 18.2 Å². The van der Waals surface area contributed by atoms with Gasteiger partial charge in [-0.25, -0.2) is 4.39 Å². The van der Waals surface area contributed by atoms with Crippen LogP contribution in [0.5, 0.6) is 0 Å². The minimum absolute atomic E-state index is 0. The van der Waals surface area contributed by atoms with Gasteiger partial charge in [0.2, 0.25) is 0 Å². The van der Waals surface area contributed by atoms with Crippen LogP contribution in [0.2, 0.25) is 0 Å². The standard InChI is InChI=1S/C13H17FO2.Na/c1-2-3-4-5-11-8-10(9-13(15)16)6-7-12(11)14;/h6-8H,2-5,9H2,1H3,(H,15,16);/q;+1/p-1. The summed E-state index contributed by atoms with van der Waals surface area (Å²) in [5.74, 6) is -1.38. The van der Waals surface area contributed by atoms with E-state index in [1.54, 1.807) is 6.07 Å². The van der Waals surface area contributed by atoms with Gasteiger partial charge in [0.1, 0.15) is 5.82 Å². The summed E-state index contributed by atoms with van der Waals surface area (Å²) in [4.78, 5) is 10.4. The first-order valence-electron chi connectivity index (χ1n) is 5.60. The summed E-state index contributed by atoms with van der Waals surface area (Å²) < 4.78 is 13.4. The molecule has 17 heavy (non-hydrogen) atoms. The van der Waals surface area contributed by atoms with Gasteiger partial charge in [-0.05, 0) is 30.0 Å². The molecular formula is C13H16FNaO2. The maximum Gasteiger partial charge on any atom is 1.00 e. The number of carbonyl (C=O) groups excluding carboxylic acids is 1.